The molecule has 0 aliphatic rings. The summed E-state index contributed by atoms with van der Waals surface area (Å²) in [4.78, 5) is 25.4. The SMILES string of the molecule is CCCCCCCCCCCC/C=C/CC/C=C/C(O)C(COP(=O)([O-])OCC[N+](C)(C)C)NC(=O)CCCCCCCCCCCCCCCCCCCCCCC. The van der Waals surface area contributed by atoms with Crippen LogP contribution in [0.15, 0.2) is 24.3 Å². The highest BCUT2D eigenvalue weighted by molar-refractivity contribution is 7.45. The van der Waals surface area contributed by atoms with Crippen LogP contribution in [0.25, 0.3) is 0 Å². The molecule has 2 N–H and O–H groups in total. The second-order valence-electron chi connectivity index (χ2n) is 18.5. The molecular weight excluding hydrogens is 756 g/mol. The number of nitrogens with one attached hydrogen (secondary N) is 1. The van der Waals surface area contributed by atoms with Crippen molar-refractivity contribution in [1.29, 1.82) is 0 Å². The number of hydrogen-bond donors (Lipinski definition) is 2. The number of allylic oxidation sites excluding steroid dienone is 3. The molecule has 59 heavy (non-hydrogen) atoms. The van der Waals surface area contributed by atoms with Gasteiger partial charge in [-0.25, -0.2) is 0 Å². The summed E-state index contributed by atoms with van der Waals surface area (Å²) in [6.07, 6.45) is 50.9. The lowest BCUT2D eigenvalue weighted by molar-refractivity contribution is -0.870. The van der Waals surface area contributed by atoms with E-state index in [0.717, 1.165) is 38.5 Å². The second kappa shape index (κ2) is 42.3. The van der Waals surface area contributed by atoms with Crippen molar-refractivity contribution in [2.75, 3.05) is 40.9 Å². The van der Waals surface area contributed by atoms with Crippen LogP contribution in [-0.2, 0) is 18.4 Å². The fraction of sp³-hybridized carbons (Fsp3) is 0.900. The number of phosphoric acid groups is 1. The lowest BCUT2D eigenvalue weighted by Crippen LogP contribution is -2.45. The van der Waals surface area contributed by atoms with Crippen molar-refractivity contribution in [1.82, 2.24) is 5.32 Å². The predicted molar refractivity (Wildman–Crippen MR) is 252 cm³/mol. The minimum Gasteiger partial charge on any atom is -0.756 e. The molecule has 0 fully saturated rings. The number of rotatable bonds is 46. The zero-order chi connectivity index (χ0) is 43.6. The summed E-state index contributed by atoms with van der Waals surface area (Å²) in [6.45, 7) is 4.65. The maximum atomic E-state index is 12.9. The van der Waals surface area contributed by atoms with Gasteiger partial charge in [0.1, 0.15) is 13.2 Å². The monoisotopic (exact) mass is 855 g/mol. The number of carbonyl (C=O) groups is 1. The van der Waals surface area contributed by atoms with Crippen LogP contribution in [-0.4, -0.2) is 68.5 Å². The van der Waals surface area contributed by atoms with E-state index in [4.69, 9.17) is 9.05 Å². The Hall–Kier alpha value is -1.02. The van der Waals surface area contributed by atoms with Crippen LogP contribution in [0.4, 0.5) is 0 Å². The van der Waals surface area contributed by atoms with Crippen LogP contribution in [0, 0.1) is 0 Å². The summed E-state index contributed by atoms with van der Waals surface area (Å²) >= 11 is 0. The van der Waals surface area contributed by atoms with E-state index in [-0.39, 0.29) is 19.1 Å². The molecule has 0 bridgehead atoms. The molecule has 0 aromatic rings. The van der Waals surface area contributed by atoms with E-state index in [2.05, 4.69) is 31.3 Å². The van der Waals surface area contributed by atoms with Gasteiger partial charge in [-0.15, -0.1) is 0 Å². The molecule has 0 saturated carbocycles. The molecule has 0 aliphatic carbocycles. The van der Waals surface area contributed by atoms with Gasteiger partial charge in [-0.05, 0) is 32.1 Å². The summed E-state index contributed by atoms with van der Waals surface area (Å²) in [5.41, 5.74) is 0. The number of carbonyl (C=O) groups excluding carboxylic acids is 1. The van der Waals surface area contributed by atoms with E-state index in [1.54, 1.807) is 6.08 Å². The van der Waals surface area contributed by atoms with Gasteiger partial charge in [-0.2, -0.15) is 0 Å². The summed E-state index contributed by atoms with van der Waals surface area (Å²) in [5, 5.41) is 13.8. The minimum absolute atomic E-state index is 0.00402. The standard InChI is InChI=1S/C50H99N2O6P/c1-6-8-10-12-14-16-18-20-22-24-25-26-27-28-30-32-34-36-38-40-42-44-50(54)51-48(47-58-59(55,56)57-46-45-52(3,4)5)49(53)43-41-39-37-35-33-31-29-23-21-19-17-15-13-11-9-7-2/h33,35,41,43,48-49,53H,6-32,34,36-40,42,44-47H2,1-5H3,(H-,51,54,55,56)/b35-33+,43-41+. The van der Waals surface area contributed by atoms with E-state index in [0.29, 0.717) is 17.4 Å². The lowest BCUT2D eigenvalue weighted by atomic mass is 10.0. The maximum absolute atomic E-state index is 12.9. The van der Waals surface area contributed by atoms with Crippen molar-refractivity contribution in [3.05, 3.63) is 24.3 Å². The van der Waals surface area contributed by atoms with Gasteiger partial charge in [-0.1, -0.05) is 224 Å². The van der Waals surface area contributed by atoms with Crippen molar-refractivity contribution in [3.63, 3.8) is 0 Å². The highest BCUT2D eigenvalue weighted by atomic mass is 31.2. The Morgan fingerprint density at radius 3 is 1.37 bits per heavy atom. The van der Waals surface area contributed by atoms with Crippen molar-refractivity contribution >= 4 is 13.7 Å². The van der Waals surface area contributed by atoms with Crippen LogP contribution < -0.4 is 10.2 Å². The van der Waals surface area contributed by atoms with Gasteiger partial charge >= 0.3 is 0 Å². The largest absolute Gasteiger partial charge is 0.756 e. The molecule has 0 aromatic heterocycles. The zero-order valence-corrected chi connectivity index (χ0v) is 40.6. The van der Waals surface area contributed by atoms with Crippen molar-refractivity contribution < 1.29 is 32.9 Å². The Morgan fingerprint density at radius 2 is 0.949 bits per heavy atom. The highest BCUT2D eigenvalue weighted by Crippen LogP contribution is 2.38. The van der Waals surface area contributed by atoms with Gasteiger partial charge in [0, 0.05) is 6.42 Å². The molecule has 0 spiro atoms. The topological polar surface area (TPSA) is 108 Å². The number of likely N-dealkylation sites (N-methyl/N-ethyl adjacent to an activating group) is 1. The fourth-order valence-electron chi connectivity index (χ4n) is 7.41. The molecule has 0 aromatic carbocycles. The first-order valence-corrected chi connectivity index (χ1v) is 26.7. The third-order valence-electron chi connectivity index (χ3n) is 11.4. The molecule has 9 heteroatoms. The van der Waals surface area contributed by atoms with Gasteiger partial charge in [0.25, 0.3) is 7.82 Å². The fourth-order valence-corrected chi connectivity index (χ4v) is 8.13. The molecule has 8 nitrogen and oxygen atoms in total. The Balaban J connectivity index is 4.31. The molecule has 3 unspecified atom stereocenters. The van der Waals surface area contributed by atoms with E-state index < -0.39 is 20.0 Å². The van der Waals surface area contributed by atoms with E-state index in [9.17, 15) is 19.4 Å². The normalized spacial score (nSPS) is 14.4. The Kier molecular flexibility index (Phi) is 41.6. The van der Waals surface area contributed by atoms with E-state index in [1.807, 2.05) is 27.2 Å². The first-order chi connectivity index (χ1) is 28.5. The molecule has 0 aliphatic heterocycles. The summed E-state index contributed by atoms with van der Waals surface area (Å²) in [6, 6.07) is -0.898. The lowest BCUT2D eigenvalue weighted by Gasteiger charge is -2.29. The first-order valence-electron chi connectivity index (χ1n) is 25.2. The third-order valence-corrected chi connectivity index (χ3v) is 12.4. The first kappa shape index (κ1) is 58.0. The predicted octanol–water partition coefficient (Wildman–Crippen LogP) is 13.8. The third kappa shape index (κ3) is 44.8. The van der Waals surface area contributed by atoms with Gasteiger partial charge in [-0.3, -0.25) is 9.36 Å². The van der Waals surface area contributed by atoms with Gasteiger partial charge in [0.2, 0.25) is 5.91 Å². The second-order valence-corrected chi connectivity index (χ2v) is 19.9. The molecule has 3 atom stereocenters. The van der Waals surface area contributed by atoms with Crippen molar-refractivity contribution in [3.8, 4) is 0 Å². The molecule has 0 radical (unpaired) electrons. The Labute approximate surface area is 366 Å². The summed E-state index contributed by atoms with van der Waals surface area (Å²) in [5.74, 6) is -0.203. The van der Waals surface area contributed by atoms with Gasteiger partial charge in [0.15, 0.2) is 0 Å². The van der Waals surface area contributed by atoms with E-state index >= 15 is 0 Å². The number of aliphatic hydroxyl groups is 1. The molecule has 0 heterocycles. The summed E-state index contributed by atoms with van der Waals surface area (Å²) < 4.78 is 23.2. The van der Waals surface area contributed by atoms with Crippen LogP contribution in [0.3, 0.4) is 0 Å². The number of nitrogens with zero attached hydrogens (tertiary/aromatic N) is 1. The number of unbranched alkanes of at least 4 members (excludes halogenated alkanes) is 31. The minimum atomic E-state index is -4.59. The smallest absolute Gasteiger partial charge is 0.268 e. The quantitative estimate of drug-likeness (QED) is 0.0273. The van der Waals surface area contributed by atoms with Crippen LogP contribution in [0.1, 0.15) is 239 Å². The average Bonchev–Trinajstić information content (AvgIpc) is 3.19. The summed E-state index contributed by atoms with van der Waals surface area (Å²) in [7, 11) is 1.25. The molecule has 350 valence electrons. The van der Waals surface area contributed by atoms with Crippen LogP contribution >= 0.6 is 7.82 Å². The molecule has 1 amide bonds. The van der Waals surface area contributed by atoms with Crippen LogP contribution in [0.5, 0.6) is 0 Å². The number of phosphoric ester groups is 1. The van der Waals surface area contributed by atoms with Crippen LogP contribution in [0.2, 0.25) is 0 Å². The van der Waals surface area contributed by atoms with Crippen molar-refractivity contribution in [2.45, 2.75) is 251 Å². The number of amides is 1. The van der Waals surface area contributed by atoms with Gasteiger partial charge in [0.05, 0.1) is 39.9 Å². The van der Waals surface area contributed by atoms with Gasteiger partial charge < -0.3 is 28.8 Å². The van der Waals surface area contributed by atoms with E-state index in [1.165, 1.54) is 180 Å². The molecule has 0 saturated heterocycles. The number of hydrogen-bond acceptors (Lipinski definition) is 6. The Morgan fingerprint density at radius 1 is 0.576 bits per heavy atom. The Bertz CT molecular complexity index is 1020. The number of aliphatic hydroxyl groups excluding tert-OH is 1. The average molecular weight is 855 g/mol. The van der Waals surface area contributed by atoms with Crippen molar-refractivity contribution in [2.24, 2.45) is 0 Å². The number of quaternary nitrogens is 1. The molecular formula is C50H99N2O6P. The zero-order valence-electron chi connectivity index (χ0n) is 39.7. The highest BCUT2D eigenvalue weighted by Gasteiger charge is 2.23. The molecule has 0 rings (SSSR count). The maximum Gasteiger partial charge on any atom is 0.268 e.